The van der Waals surface area contributed by atoms with E-state index in [0.717, 1.165) is 23.1 Å². The predicted octanol–water partition coefficient (Wildman–Crippen LogP) is 1.34. The van der Waals surface area contributed by atoms with Crippen molar-refractivity contribution < 1.29 is 25.2 Å². The van der Waals surface area contributed by atoms with Crippen LogP contribution in [0, 0.1) is 12.3 Å². The zero-order valence-corrected chi connectivity index (χ0v) is 15.8. The van der Waals surface area contributed by atoms with Crippen molar-refractivity contribution in [2.45, 2.75) is 50.3 Å². The van der Waals surface area contributed by atoms with Gasteiger partial charge < -0.3 is 25.2 Å². The fourth-order valence-electron chi connectivity index (χ4n) is 3.65. The number of aryl methyl sites for hydroxylation is 1. The molecule has 5 heteroatoms. The van der Waals surface area contributed by atoms with E-state index in [1.165, 1.54) is 5.56 Å². The smallest absolute Gasteiger partial charge is 0.113 e. The third-order valence-electron chi connectivity index (χ3n) is 5.35. The number of aliphatic hydroxyl groups is 4. The van der Waals surface area contributed by atoms with Crippen LogP contribution in [-0.4, -0.2) is 51.4 Å². The minimum absolute atomic E-state index is 0.442. The van der Waals surface area contributed by atoms with Crippen molar-refractivity contribution in [3.63, 3.8) is 0 Å². The Morgan fingerprint density at radius 1 is 0.964 bits per heavy atom. The highest BCUT2D eigenvalue weighted by Gasteiger charge is 2.43. The van der Waals surface area contributed by atoms with E-state index >= 15 is 0 Å². The molecular weight excluding hydrogens is 356 g/mol. The zero-order valence-electron chi connectivity index (χ0n) is 15.8. The molecule has 2 aromatic rings. The molecule has 4 N–H and O–H groups in total. The SMILES string of the molecule is C#Cc1ccc(Cc2cc([C@@H]3O[C@H](CO)[C@@H](O)[C@H](O)[C@H]3O)ccc2CC)cc1. The minimum Gasteiger partial charge on any atom is -0.394 e. The molecule has 1 heterocycles. The molecule has 5 atom stereocenters. The number of terminal acetylenes is 1. The molecule has 28 heavy (non-hydrogen) atoms. The fourth-order valence-corrected chi connectivity index (χ4v) is 3.65. The summed E-state index contributed by atoms with van der Waals surface area (Å²) >= 11 is 0. The van der Waals surface area contributed by atoms with E-state index in [1.807, 2.05) is 42.5 Å². The minimum atomic E-state index is -1.39. The quantitative estimate of drug-likeness (QED) is 0.586. The van der Waals surface area contributed by atoms with E-state index in [-0.39, 0.29) is 0 Å². The molecule has 1 fully saturated rings. The van der Waals surface area contributed by atoms with E-state index in [2.05, 4.69) is 12.8 Å². The van der Waals surface area contributed by atoms with E-state index in [9.17, 15) is 20.4 Å². The van der Waals surface area contributed by atoms with Gasteiger partial charge in [-0.05, 0) is 47.2 Å². The molecule has 1 saturated heterocycles. The Bertz CT molecular complexity index is 837. The molecule has 0 bridgehead atoms. The first-order valence-corrected chi connectivity index (χ1v) is 9.46. The van der Waals surface area contributed by atoms with Gasteiger partial charge in [0, 0.05) is 5.56 Å². The lowest BCUT2D eigenvalue weighted by Gasteiger charge is -2.40. The number of benzene rings is 2. The van der Waals surface area contributed by atoms with Crippen LogP contribution in [0.4, 0.5) is 0 Å². The lowest BCUT2D eigenvalue weighted by Crippen LogP contribution is -2.55. The van der Waals surface area contributed by atoms with E-state index in [1.54, 1.807) is 0 Å². The second-order valence-corrected chi connectivity index (χ2v) is 7.15. The Balaban J connectivity index is 1.90. The summed E-state index contributed by atoms with van der Waals surface area (Å²) in [5.41, 5.74) is 4.90. The fraction of sp³-hybridized carbons (Fsp3) is 0.391. The van der Waals surface area contributed by atoms with E-state index in [0.29, 0.717) is 12.0 Å². The van der Waals surface area contributed by atoms with Gasteiger partial charge in [0.05, 0.1) is 6.61 Å². The predicted molar refractivity (Wildman–Crippen MR) is 106 cm³/mol. The summed E-state index contributed by atoms with van der Waals surface area (Å²) in [5, 5.41) is 39.9. The molecule has 1 aliphatic heterocycles. The molecule has 0 saturated carbocycles. The van der Waals surface area contributed by atoms with Crippen molar-refractivity contribution >= 4 is 0 Å². The average Bonchev–Trinajstić information content (AvgIpc) is 2.73. The topological polar surface area (TPSA) is 90.2 Å². The third-order valence-corrected chi connectivity index (χ3v) is 5.35. The van der Waals surface area contributed by atoms with Crippen molar-refractivity contribution in [2.75, 3.05) is 6.61 Å². The highest BCUT2D eigenvalue weighted by atomic mass is 16.5. The van der Waals surface area contributed by atoms with Crippen molar-refractivity contribution in [1.82, 2.24) is 0 Å². The number of rotatable bonds is 5. The van der Waals surface area contributed by atoms with Gasteiger partial charge in [-0.25, -0.2) is 0 Å². The normalized spacial score (nSPS) is 27.4. The van der Waals surface area contributed by atoms with Gasteiger partial charge in [-0.3, -0.25) is 0 Å². The van der Waals surface area contributed by atoms with Gasteiger partial charge >= 0.3 is 0 Å². The molecule has 0 spiro atoms. The number of hydrogen-bond acceptors (Lipinski definition) is 5. The molecular formula is C23H26O5. The third kappa shape index (κ3) is 4.12. The van der Waals surface area contributed by atoms with Crippen LogP contribution in [0.1, 0.15) is 40.8 Å². The van der Waals surface area contributed by atoms with Crippen LogP contribution in [0.3, 0.4) is 0 Å². The molecule has 0 aliphatic carbocycles. The first-order chi connectivity index (χ1) is 13.5. The highest BCUT2D eigenvalue weighted by Crippen LogP contribution is 2.33. The van der Waals surface area contributed by atoms with Gasteiger partial charge in [0.2, 0.25) is 0 Å². The van der Waals surface area contributed by atoms with Crippen LogP contribution in [0.25, 0.3) is 0 Å². The van der Waals surface area contributed by atoms with E-state index in [4.69, 9.17) is 11.2 Å². The maximum absolute atomic E-state index is 10.4. The van der Waals surface area contributed by atoms with Gasteiger partial charge in [0.1, 0.15) is 30.5 Å². The van der Waals surface area contributed by atoms with Crippen molar-refractivity contribution in [2.24, 2.45) is 0 Å². The molecule has 2 aromatic carbocycles. The van der Waals surface area contributed by atoms with Crippen LogP contribution >= 0.6 is 0 Å². The molecule has 148 valence electrons. The van der Waals surface area contributed by atoms with Gasteiger partial charge in [0.15, 0.2) is 0 Å². The van der Waals surface area contributed by atoms with Crippen LogP contribution in [0.15, 0.2) is 42.5 Å². The molecule has 0 unspecified atom stereocenters. The van der Waals surface area contributed by atoms with Crippen molar-refractivity contribution in [3.05, 3.63) is 70.3 Å². The van der Waals surface area contributed by atoms with Gasteiger partial charge in [-0.1, -0.05) is 43.2 Å². The summed E-state index contributed by atoms with van der Waals surface area (Å²) < 4.78 is 5.69. The summed E-state index contributed by atoms with van der Waals surface area (Å²) in [7, 11) is 0. The summed E-state index contributed by atoms with van der Waals surface area (Å²) in [5.74, 6) is 2.61. The highest BCUT2D eigenvalue weighted by molar-refractivity contribution is 5.40. The van der Waals surface area contributed by atoms with Crippen LogP contribution in [-0.2, 0) is 17.6 Å². The van der Waals surface area contributed by atoms with Crippen LogP contribution < -0.4 is 0 Å². The largest absolute Gasteiger partial charge is 0.394 e. The second-order valence-electron chi connectivity index (χ2n) is 7.15. The lowest BCUT2D eigenvalue weighted by molar-refractivity contribution is -0.231. The Morgan fingerprint density at radius 3 is 2.29 bits per heavy atom. The molecule has 0 radical (unpaired) electrons. The number of ether oxygens (including phenoxy) is 1. The van der Waals surface area contributed by atoms with Gasteiger partial charge in [-0.2, -0.15) is 0 Å². The second kappa shape index (κ2) is 8.87. The van der Waals surface area contributed by atoms with Gasteiger partial charge in [-0.15, -0.1) is 6.42 Å². The maximum atomic E-state index is 10.4. The Labute approximate surface area is 165 Å². The zero-order chi connectivity index (χ0) is 20.3. The maximum Gasteiger partial charge on any atom is 0.113 e. The van der Waals surface area contributed by atoms with Gasteiger partial charge in [0.25, 0.3) is 0 Å². The molecule has 1 aliphatic rings. The summed E-state index contributed by atoms with van der Waals surface area (Å²) in [6.45, 7) is 1.64. The molecule has 5 nitrogen and oxygen atoms in total. The summed E-state index contributed by atoms with van der Waals surface area (Å²) in [4.78, 5) is 0. The van der Waals surface area contributed by atoms with Crippen molar-refractivity contribution in [3.8, 4) is 12.3 Å². The Morgan fingerprint density at radius 2 is 1.68 bits per heavy atom. The van der Waals surface area contributed by atoms with Crippen LogP contribution in [0.5, 0.6) is 0 Å². The Kier molecular flexibility index (Phi) is 6.50. The average molecular weight is 382 g/mol. The number of aliphatic hydroxyl groups excluding tert-OH is 4. The number of hydrogen-bond donors (Lipinski definition) is 4. The molecule has 0 amide bonds. The van der Waals surface area contributed by atoms with Crippen LogP contribution in [0.2, 0.25) is 0 Å². The summed E-state index contributed by atoms with van der Waals surface area (Å²) in [6, 6.07) is 13.6. The monoisotopic (exact) mass is 382 g/mol. The first-order valence-electron chi connectivity index (χ1n) is 9.46. The summed E-state index contributed by atoms with van der Waals surface area (Å²) in [6.07, 6.45) is 1.18. The standard InChI is InChI=1S/C23H26O5/c1-3-14-5-7-15(8-6-14)11-18-12-17(10-9-16(18)4-2)23-22(27)21(26)20(25)19(13-24)28-23/h1,5-10,12,19-27H,4,11,13H2,2H3/t19-,20-,21+,22-,23+/m1/s1. The Hall–Kier alpha value is -2.20. The van der Waals surface area contributed by atoms with E-state index < -0.39 is 37.1 Å². The first kappa shape index (κ1) is 20.5. The lowest BCUT2D eigenvalue weighted by atomic mass is 9.88. The molecule has 3 rings (SSSR count). The molecule has 0 aromatic heterocycles. The van der Waals surface area contributed by atoms with Crippen molar-refractivity contribution in [1.29, 1.82) is 0 Å².